The number of hydrogen-bond donors (Lipinski definition) is 2. The zero-order valence-corrected chi connectivity index (χ0v) is 5.46. The maximum Gasteiger partial charge on any atom is 0.323 e. The fourth-order valence-electron chi connectivity index (χ4n) is 0.844. The van der Waals surface area contributed by atoms with Crippen molar-refractivity contribution in [2.75, 3.05) is 0 Å². The Morgan fingerprint density at radius 2 is 2.20 bits per heavy atom. The first kappa shape index (κ1) is 7.47. The second kappa shape index (κ2) is 2.54. The molecule has 1 saturated carbocycles. The fourth-order valence-corrected chi connectivity index (χ4v) is 0.844. The summed E-state index contributed by atoms with van der Waals surface area (Å²) < 4.78 is 12.7. The fraction of sp³-hybridized carbons (Fsp3) is 0.833. The Balaban J connectivity index is 2.38. The van der Waals surface area contributed by atoms with Gasteiger partial charge in [-0.25, -0.2) is 4.39 Å². The minimum absolute atomic E-state index is 0.0916. The molecule has 1 aliphatic rings. The first-order valence-electron chi connectivity index (χ1n) is 3.25. The van der Waals surface area contributed by atoms with Gasteiger partial charge in [-0.15, -0.1) is 0 Å². The number of alkyl halides is 1. The Morgan fingerprint density at radius 3 is 2.50 bits per heavy atom. The molecule has 1 rings (SSSR count). The monoisotopic (exact) mass is 147 g/mol. The van der Waals surface area contributed by atoms with E-state index in [-0.39, 0.29) is 5.92 Å². The van der Waals surface area contributed by atoms with Crippen LogP contribution in [0, 0.1) is 5.92 Å². The third-order valence-corrected chi connectivity index (χ3v) is 1.70. The maximum atomic E-state index is 12.7. The van der Waals surface area contributed by atoms with E-state index in [2.05, 4.69) is 0 Å². The smallest absolute Gasteiger partial charge is 0.323 e. The Morgan fingerprint density at radius 1 is 1.70 bits per heavy atom. The molecule has 0 spiro atoms. The molecule has 0 bridgehead atoms. The van der Waals surface area contributed by atoms with Gasteiger partial charge in [-0.1, -0.05) is 0 Å². The standard InChI is InChI=1S/C6H10FNO2/c7-4(3-1-2-3)5(8)6(9)10/h3-5H,1-2,8H2,(H,9,10). The van der Waals surface area contributed by atoms with Crippen molar-refractivity contribution in [1.29, 1.82) is 0 Å². The lowest BCUT2D eigenvalue weighted by molar-refractivity contribution is -0.140. The van der Waals surface area contributed by atoms with Gasteiger partial charge in [-0.2, -0.15) is 0 Å². The summed E-state index contributed by atoms with van der Waals surface area (Å²) in [6, 6.07) is -1.33. The summed E-state index contributed by atoms with van der Waals surface area (Å²) in [6.45, 7) is 0. The average molecular weight is 147 g/mol. The zero-order valence-electron chi connectivity index (χ0n) is 5.46. The van der Waals surface area contributed by atoms with Gasteiger partial charge in [0.25, 0.3) is 0 Å². The summed E-state index contributed by atoms with van der Waals surface area (Å²) in [7, 11) is 0. The van der Waals surface area contributed by atoms with Crippen molar-refractivity contribution in [1.82, 2.24) is 0 Å². The minimum Gasteiger partial charge on any atom is -0.480 e. The van der Waals surface area contributed by atoms with Crippen molar-refractivity contribution in [3.63, 3.8) is 0 Å². The lowest BCUT2D eigenvalue weighted by Gasteiger charge is -2.09. The van der Waals surface area contributed by atoms with E-state index in [1.54, 1.807) is 0 Å². The molecule has 2 atom stereocenters. The molecule has 0 aromatic rings. The van der Waals surface area contributed by atoms with E-state index >= 15 is 0 Å². The van der Waals surface area contributed by atoms with Gasteiger partial charge in [0.1, 0.15) is 12.2 Å². The van der Waals surface area contributed by atoms with E-state index in [0.29, 0.717) is 0 Å². The molecule has 1 aliphatic carbocycles. The summed E-state index contributed by atoms with van der Waals surface area (Å²) in [5.74, 6) is -1.34. The highest BCUT2D eigenvalue weighted by Gasteiger charge is 2.38. The van der Waals surface area contributed by atoms with Crippen molar-refractivity contribution in [2.24, 2.45) is 11.7 Å². The molecule has 10 heavy (non-hydrogen) atoms. The van der Waals surface area contributed by atoms with Gasteiger partial charge in [0.2, 0.25) is 0 Å². The molecule has 0 aliphatic heterocycles. The first-order valence-corrected chi connectivity index (χ1v) is 3.25. The van der Waals surface area contributed by atoms with Crippen molar-refractivity contribution in [2.45, 2.75) is 25.1 Å². The van der Waals surface area contributed by atoms with Crippen molar-refractivity contribution < 1.29 is 14.3 Å². The van der Waals surface area contributed by atoms with Crippen LogP contribution in [0.15, 0.2) is 0 Å². The van der Waals surface area contributed by atoms with Crippen LogP contribution < -0.4 is 5.73 Å². The number of aliphatic carboxylic acids is 1. The molecule has 0 aromatic carbocycles. The lowest BCUT2D eigenvalue weighted by atomic mass is 10.1. The topological polar surface area (TPSA) is 63.3 Å². The third kappa shape index (κ3) is 1.44. The molecule has 0 amide bonds. The van der Waals surface area contributed by atoms with Crippen LogP contribution in [-0.4, -0.2) is 23.3 Å². The largest absolute Gasteiger partial charge is 0.480 e. The summed E-state index contributed by atoms with van der Waals surface area (Å²) >= 11 is 0. The molecule has 0 heterocycles. The summed E-state index contributed by atoms with van der Waals surface area (Å²) in [5, 5.41) is 8.26. The number of hydrogen-bond acceptors (Lipinski definition) is 2. The number of carboxylic acids is 1. The zero-order chi connectivity index (χ0) is 7.72. The van der Waals surface area contributed by atoms with Crippen molar-refractivity contribution in [3.8, 4) is 0 Å². The van der Waals surface area contributed by atoms with Gasteiger partial charge in [0.15, 0.2) is 0 Å². The predicted molar refractivity (Wildman–Crippen MR) is 33.2 cm³/mol. The van der Waals surface area contributed by atoms with Crippen molar-refractivity contribution in [3.05, 3.63) is 0 Å². The minimum atomic E-state index is -1.35. The molecule has 4 heteroatoms. The quantitative estimate of drug-likeness (QED) is 0.597. The number of carboxylic acid groups (broad SMARTS) is 1. The molecule has 1 fully saturated rings. The molecule has 3 N–H and O–H groups in total. The Kier molecular flexibility index (Phi) is 1.89. The molecular weight excluding hydrogens is 137 g/mol. The van der Waals surface area contributed by atoms with E-state index in [9.17, 15) is 9.18 Å². The average Bonchev–Trinajstić information content (AvgIpc) is 2.65. The molecule has 3 nitrogen and oxygen atoms in total. The highest BCUT2D eigenvalue weighted by atomic mass is 19.1. The van der Waals surface area contributed by atoms with E-state index in [1.165, 1.54) is 0 Å². The Labute approximate surface area is 58.0 Å². The van der Waals surface area contributed by atoms with Gasteiger partial charge in [0, 0.05) is 0 Å². The normalized spacial score (nSPS) is 23.8. The number of halogens is 1. The van der Waals surface area contributed by atoms with Crippen LogP contribution in [0.25, 0.3) is 0 Å². The van der Waals surface area contributed by atoms with Crippen LogP contribution in [0.2, 0.25) is 0 Å². The molecule has 0 saturated heterocycles. The van der Waals surface area contributed by atoms with Gasteiger partial charge < -0.3 is 10.8 Å². The van der Waals surface area contributed by atoms with Crippen LogP contribution in [0.3, 0.4) is 0 Å². The highest BCUT2D eigenvalue weighted by molar-refractivity contribution is 5.74. The second-order valence-corrected chi connectivity index (χ2v) is 2.65. The number of carbonyl (C=O) groups is 1. The first-order chi connectivity index (χ1) is 4.63. The third-order valence-electron chi connectivity index (χ3n) is 1.70. The molecular formula is C6H10FNO2. The van der Waals surface area contributed by atoms with Crippen LogP contribution >= 0.6 is 0 Å². The van der Waals surface area contributed by atoms with E-state index < -0.39 is 18.2 Å². The number of nitrogens with two attached hydrogens (primary N) is 1. The van der Waals surface area contributed by atoms with Gasteiger partial charge in [-0.3, -0.25) is 4.79 Å². The molecule has 0 radical (unpaired) electrons. The van der Waals surface area contributed by atoms with Crippen LogP contribution in [0.1, 0.15) is 12.8 Å². The van der Waals surface area contributed by atoms with E-state index in [1.807, 2.05) is 0 Å². The van der Waals surface area contributed by atoms with Crippen LogP contribution in [0.4, 0.5) is 4.39 Å². The summed E-state index contributed by atoms with van der Waals surface area (Å²) in [4.78, 5) is 10.1. The van der Waals surface area contributed by atoms with E-state index in [4.69, 9.17) is 10.8 Å². The highest BCUT2D eigenvalue weighted by Crippen LogP contribution is 2.35. The van der Waals surface area contributed by atoms with Gasteiger partial charge in [-0.05, 0) is 18.8 Å². The van der Waals surface area contributed by atoms with Crippen LogP contribution in [0.5, 0.6) is 0 Å². The predicted octanol–water partition coefficient (Wildman–Crippen LogP) is 0.146. The van der Waals surface area contributed by atoms with Crippen LogP contribution in [-0.2, 0) is 4.79 Å². The van der Waals surface area contributed by atoms with Crippen molar-refractivity contribution >= 4 is 5.97 Å². The Bertz CT molecular complexity index is 147. The Hall–Kier alpha value is -0.640. The molecule has 58 valence electrons. The maximum absolute atomic E-state index is 12.7. The lowest BCUT2D eigenvalue weighted by Crippen LogP contribution is -2.40. The van der Waals surface area contributed by atoms with Gasteiger partial charge in [0.05, 0.1) is 0 Å². The molecule has 0 aromatic heterocycles. The number of rotatable bonds is 3. The summed E-state index contributed by atoms with van der Waals surface area (Å²) in [5.41, 5.74) is 5.03. The van der Waals surface area contributed by atoms with Gasteiger partial charge >= 0.3 is 5.97 Å². The van der Waals surface area contributed by atoms with E-state index in [0.717, 1.165) is 12.8 Å². The molecule has 2 unspecified atom stereocenters. The SMILES string of the molecule is NC(C(=O)O)C(F)C1CC1. The summed E-state index contributed by atoms with van der Waals surface area (Å²) in [6.07, 6.45) is 0.210. The second-order valence-electron chi connectivity index (χ2n) is 2.65.